The van der Waals surface area contributed by atoms with Crippen molar-refractivity contribution in [2.75, 3.05) is 5.75 Å². The summed E-state index contributed by atoms with van der Waals surface area (Å²) in [4.78, 5) is 21.6. The van der Waals surface area contributed by atoms with Crippen LogP contribution >= 0.6 is 21.6 Å². The number of carbonyl (C=O) groups excluding carboxylic acids is 1. The molecule has 1 rings (SSSR count). The van der Waals surface area contributed by atoms with Gasteiger partial charge in [0, 0.05) is 16.2 Å². The third-order valence-corrected chi connectivity index (χ3v) is 4.48. The number of rotatable bonds is 8. The molecule has 1 atom stereocenters. The van der Waals surface area contributed by atoms with Gasteiger partial charge >= 0.3 is 5.97 Å². The summed E-state index contributed by atoms with van der Waals surface area (Å²) >= 11 is 0. The van der Waals surface area contributed by atoms with Crippen LogP contribution in [0.1, 0.15) is 5.56 Å². The average Bonchev–Trinajstić information content (AvgIpc) is 2.37. The Bertz CT molecular complexity index is 414. The number of benzene rings is 1. The molecular formula is C11H13NO4S2. The summed E-state index contributed by atoms with van der Waals surface area (Å²) in [5, 5.41) is 8.64. The van der Waals surface area contributed by atoms with Crippen LogP contribution in [0.4, 0.5) is 0 Å². The van der Waals surface area contributed by atoms with E-state index in [2.05, 4.69) is 0 Å². The van der Waals surface area contributed by atoms with E-state index in [0.717, 1.165) is 10.5 Å². The third kappa shape index (κ3) is 4.99. The fourth-order valence-corrected chi connectivity index (χ4v) is 3.44. The van der Waals surface area contributed by atoms with Crippen molar-refractivity contribution in [2.45, 2.75) is 17.5 Å². The minimum absolute atomic E-state index is 0.207. The Morgan fingerprint density at radius 3 is 2.89 bits per heavy atom. The quantitative estimate of drug-likeness (QED) is 0.553. The van der Waals surface area contributed by atoms with Gasteiger partial charge in [0.2, 0.25) is 0 Å². The molecule has 3 N–H and O–H groups in total. The van der Waals surface area contributed by atoms with Crippen LogP contribution in [0.5, 0.6) is 0 Å². The normalized spacial score (nSPS) is 11.8. The lowest BCUT2D eigenvalue weighted by molar-refractivity contribution is -0.138. The lowest BCUT2D eigenvalue weighted by atomic mass is 10.2. The molecule has 0 spiro atoms. The summed E-state index contributed by atoms with van der Waals surface area (Å²) in [7, 11) is 2.78. The molecule has 0 saturated carbocycles. The molecule has 0 aromatic heterocycles. The Labute approximate surface area is 112 Å². The van der Waals surface area contributed by atoms with Crippen LogP contribution in [0, 0.1) is 0 Å². The zero-order chi connectivity index (χ0) is 13.4. The maximum absolute atomic E-state index is 10.5. The number of aliphatic carboxylic acids is 1. The molecular weight excluding hydrogens is 274 g/mol. The number of hydrogen-bond donors (Lipinski definition) is 2. The average molecular weight is 287 g/mol. The minimum Gasteiger partial charge on any atom is -0.480 e. The maximum atomic E-state index is 10.5. The summed E-state index contributed by atoms with van der Waals surface area (Å²) in [5.41, 5.74) is 6.27. The predicted molar refractivity (Wildman–Crippen MR) is 71.2 cm³/mol. The van der Waals surface area contributed by atoms with E-state index in [1.165, 1.54) is 21.6 Å². The van der Waals surface area contributed by atoms with Gasteiger partial charge in [-0.05, 0) is 6.07 Å². The number of ether oxygens (including phenoxy) is 1. The maximum Gasteiger partial charge on any atom is 0.321 e. The zero-order valence-electron chi connectivity index (χ0n) is 9.44. The van der Waals surface area contributed by atoms with Crippen LogP contribution in [0.15, 0.2) is 29.2 Å². The smallest absolute Gasteiger partial charge is 0.321 e. The van der Waals surface area contributed by atoms with Gasteiger partial charge in [0.05, 0.1) is 0 Å². The van der Waals surface area contributed by atoms with Gasteiger partial charge in [-0.2, -0.15) is 0 Å². The van der Waals surface area contributed by atoms with Crippen molar-refractivity contribution in [3.05, 3.63) is 29.8 Å². The standard InChI is InChI=1S/C11H13NO4S2/c12-9(11(14)15)6-17-18-10-4-2-1-3-8(10)5-16-7-13/h1-4,7,9H,5-6,12H2,(H,14,15)/t9-/m0/s1. The van der Waals surface area contributed by atoms with E-state index in [0.29, 0.717) is 12.2 Å². The van der Waals surface area contributed by atoms with Crippen molar-refractivity contribution in [3.8, 4) is 0 Å². The highest BCUT2D eigenvalue weighted by Crippen LogP contribution is 2.33. The molecule has 0 aliphatic rings. The predicted octanol–water partition coefficient (Wildman–Crippen LogP) is 1.51. The summed E-state index contributed by atoms with van der Waals surface area (Å²) < 4.78 is 4.70. The highest BCUT2D eigenvalue weighted by molar-refractivity contribution is 8.76. The molecule has 0 bridgehead atoms. The molecule has 0 radical (unpaired) electrons. The summed E-state index contributed by atoms with van der Waals surface area (Å²) in [6.07, 6.45) is 0. The monoisotopic (exact) mass is 287 g/mol. The molecule has 1 aromatic carbocycles. The fraction of sp³-hybridized carbons (Fsp3) is 0.273. The fourth-order valence-electron chi connectivity index (χ4n) is 1.07. The molecule has 0 fully saturated rings. The van der Waals surface area contributed by atoms with Gasteiger partial charge in [-0.15, -0.1) is 0 Å². The molecule has 0 unspecified atom stereocenters. The second-order valence-corrected chi connectivity index (χ2v) is 5.71. The van der Waals surface area contributed by atoms with E-state index in [1.54, 1.807) is 0 Å². The van der Waals surface area contributed by atoms with Crippen molar-refractivity contribution in [2.24, 2.45) is 5.73 Å². The first kappa shape index (κ1) is 14.9. The number of hydrogen-bond acceptors (Lipinski definition) is 6. The van der Waals surface area contributed by atoms with E-state index in [9.17, 15) is 9.59 Å². The minimum atomic E-state index is -1.01. The van der Waals surface area contributed by atoms with E-state index in [-0.39, 0.29) is 6.61 Å². The van der Waals surface area contributed by atoms with Gasteiger partial charge in [0.15, 0.2) is 0 Å². The lowest BCUT2D eigenvalue weighted by Gasteiger charge is -2.08. The third-order valence-electron chi connectivity index (χ3n) is 1.99. The lowest BCUT2D eigenvalue weighted by Crippen LogP contribution is -2.32. The Balaban J connectivity index is 2.50. The van der Waals surface area contributed by atoms with Crippen molar-refractivity contribution < 1.29 is 19.4 Å². The second-order valence-electron chi connectivity index (χ2n) is 3.33. The van der Waals surface area contributed by atoms with Gasteiger partial charge in [0.25, 0.3) is 6.47 Å². The van der Waals surface area contributed by atoms with Gasteiger partial charge in [-0.3, -0.25) is 9.59 Å². The molecule has 7 heteroatoms. The van der Waals surface area contributed by atoms with Gasteiger partial charge < -0.3 is 15.6 Å². The van der Waals surface area contributed by atoms with Crippen molar-refractivity contribution >= 4 is 34.0 Å². The van der Waals surface area contributed by atoms with Crippen LogP contribution < -0.4 is 5.73 Å². The van der Waals surface area contributed by atoms with Crippen LogP contribution in [0.3, 0.4) is 0 Å². The van der Waals surface area contributed by atoms with Crippen LogP contribution in [0.2, 0.25) is 0 Å². The van der Waals surface area contributed by atoms with Gasteiger partial charge in [-0.1, -0.05) is 39.8 Å². The van der Waals surface area contributed by atoms with Crippen LogP contribution in [-0.2, 0) is 20.9 Å². The Morgan fingerprint density at radius 1 is 1.50 bits per heavy atom. The number of carboxylic acid groups (broad SMARTS) is 1. The summed E-state index contributed by atoms with van der Waals surface area (Å²) in [6, 6.07) is 6.57. The van der Waals surface area contributed by atoms with E-state index in [1.807, 2.05) is 24.3 Å². The van der Waals surface area contributed by atoms with E-state index < -0.39 is 12.0 Å². The first-order valence-corrected chi connectivity index (χ1v) is 7.38. The van der Waals surface area contributed by atoms with E-state index >= 15 is 0 Å². The second kappa shape index (κ2) is 8.02. The first-order valence-electron chi connectivity index (χ1n) is 5.06. The molecule has 0 aliphatic carbocycles. The molecule has 98 valence electrons. The van der Waals surface area contributed by atoms with Gasteiger partial charge in [-0.25, -0.2) is 0 Å². The number of carboxylic acids is 1. The molecule has 0 aliphatic heterocycles. The van der Waals surface area contributed by atoms with Crippen LogP contribution in [-0.4, -0.2) is 29.3 Å². The molecule has 0 heterocycles. The molecule has 0 amide bonds. The molecule has 0 saturated heterocycles. The SMILES string of the molecule is N[C@@H](CSSc1ccccc1COC=O)C(=O)O. The zero-order valence-corrected chi connectivity index (χ0v) is 11.1. The van der Waals surface area contributed by atoms with Crippen LogP contribution in [0.25, 0.3) is 0 Å². The van der Waals surface area contributed by atoms with Crippen molar-refractivity contribution in [1.29, 1.82) is 0 Å². The largest absolute Gasteiger partial charge is 0.480 e. The molecule has 5 nitrogen and oxygen atoms in total. The van der Waals surface area contributed by atoms with Gasteiger partial charge in [0.1, 0.15) is 12.6 Å². The Morgan fingerprint density at radius 2 is 2.22 bits per heavy atom. The molecule has 18 heavy (non-hydrogen) atoms. The highest BCUT2D eigenvalue weighted by Gasteiger charge is 2.12. The molecule has 1 aromatic rings. The number of carbonyl (C=O) groups is 2. The number of nitrogens with two attached hydrogens (primary N) is 1. The summed E-state index contributed by atoms with van der Waals surface area (Å²) in [6.45, 7) is 0.604. The van der Waals surface area contributed by atoms with Crippen molar-refractivity contribution in [1.82, 2.24) is 0 Å². The van der Waals surface area contributed by atoms with E-state index in [4.69, 9.17) is 15.6 Å². The topological polar surface area (TPSA) is 89.6 Å². The Kier molecular flexibility index (Phi) is 6.63. The summed E-state index contributed by atoms with van der Waals surface area (Å²) in [5.74, 6) is -0.705. The first-order chi connectivity index (χ1) is 8.65. The van der Waals surface area contributed by atoms with Crippen molar-refractivity contribution in [3.63, 3.8) is 0 Å². The Hall–Kier alpha value is -1.18. The highest BCUT2D eigenvalue weighted by atomic mass is 33.1.